The largest absolute Gasteiger partial charge is 0.501 e. The Balaban J connectivity index is 3.35. The summed E-state index contributed by atoms with van der Waals surface area (Å²) in [6, 6.07) is 0. The summed E-state index contributed by atoms with van der Waals surface area (Å²) in [6.07, 6.45) is 3.46. The van der Waals surface area contributed by atoms with E-state index in [1.165, 1.54) is 12.3 Å². The van der Waals surface area contributed by atoms with Crippen LogP contribution in [0.2, 0.25) is 0 Å². The fourth-order valence-corrected chi connectivity index (χ4v) is 0.451. The van der Waals surface area contributed by atoms with Gasteiger partial charge in [-0.1, -0.05) is 6.92 Å². The summed E-state index contributed by atoms with van der Waals surface area (Å²) < 4.78 is 9.53. The third kappa shape index (κ3) is 6.90. The Kier molecular flexibility index (Phi) is 6.48. The van der Waals surface area contributed by atoms with Crippen LogP contribution in [0.3, 0.4) is 0 Å². The van der Waals surface area contributed by atoms with Gasteiger partial charge >= 0.3 is 5.97 Å². The molecular formula is C8H14O3. The lowest BCUT2D eigenvalue weighted by Gasteiger charge is -1.97. The first-order valence-corrected chi connectivity index (χ1v) is 3.76. The maximum atomic E-state index is 10.7. The van der Waals surface area contributed by atoms with Crippen LogP contribution in [0.15, 0.2) is 12.3 Å². The van der Waals surface area contributed by atoms with Crippen LogP contribution in [0.4, 0.5) is 0 Å². The summed E-state index contributed by atoms with van der Waals surface area (Å²) in [5.74, 6) is -0.347. The van der Waals surface area contributed by atoms with Gasteiger partial charge in [0.05, 0.1) is 25.6 Å². The van der Waals surface area contributed by atoms with Crippen molar-refractivity contribution in [3.05, 3.63) is 12.3 Å². The maximum absolute atomic E-state index is 10.7. The second-order valence-electron chi connectivity index (χ2n) is 1.93. The molecule has 0 amide bonds. The van der Waals surface area contributed by atoms with Gasteiger partial charge in [-0.25, -0.2) is 4.79 Å². The van der Waals surface area contributed by atoms with Gasteiger partial charge in [-0.3, -0.25) is 0 Å². The molecule has 0 aromatic heterocycles. The zero-order valence-corrected chi connectivity index (χ0v) is 7.00. The van der Waals surface area contributed by atoms with Crippen molar-refractivity contribution in [1.29, 1.82) is 0 Å². The summed E-state index contributed by atoms with van der Waals surface area (Å²) in [5.41, 5.74) is 0. The Morgan fingerprint density at radius 1 is 1.45 bits per heavy atom. The van der Waals surface area contributed by atoms with Crippen molar-refractivity contribution < 1.29 is 14.3 Å². The molecule has 3 nitrogen and oxygen atoms in total. The lowest BCUT2D eigenvalue weighted by molar-refractivity contribution is -0.137. The van der Waals surface area contributed by atoms with E-state index in [4.69, 9.17) is 9.47 Å². The van der Waals surface area contributed by atoms with Crippen molar-refractivity contribution in [3.8, 4) is 0 Å². The molecule has 0 aromatic rings. The topological polar surface area (TPSA) is 35.5 Å². The number of carbonyl (C=O) groups is 1. The van der Waals surface area contributed by atoms with E-state index in [2.05, 4.69) is 0 Å². The molecule has 0 unspecified atom stereocenters. The van der Waals surface area contributed by atoms with E-state index in [0.717, 1.165) is 6.42 Å². The zero-order chi connectivity index (χ0) is 8.53. The Bertz CT molecular complexity index is 129. The smallest absolute Gasteiger partial charge is 0.333 e. The highest BCUT2D eigenvalue weighted by atomic mass is 16.5. The molecule has 0 aliphatic heterocycles. The third-order valence-electron chi connectivity index (χ3n) is 0.915. The van der Waals surface area contributed by atoms with Gasteiger partial charge in [-0.05, 0) is 13.3 Å². The average Bonchev–Trinajstić information content (AvgIpc) is 2.01. The molecule has 0 radical (unpaired) electrons. The molecule has 0 rings (SSSR count). The van der Waals surface area contributed by atoms with E-state index in [0.29, 0.717) is 13.2 Å². The molecule has 0 spiro atoms. The molecule has 0 aromatic carbocycles. The van der Waals surface area contributed by atoms with Crippen LogP contribution in [0, 0.1) is 0 Å². The van der Waals surface area contributed by atoms with E-state index in [1.54, 1.807) is 0 Å². The molecule has 64 valence electrons. The van der Waals surface area contributed by atoms with Gasteiger partial charge in [0.15, 0.2) is 0 Å². The van der Waals surface area contributed by atoms with Crippen LogP contribution in [-0.4, -0.2) is 19.2 Å². The number of carbonyl (C=O) groups excluding carboxylic acids is 1. The summed E-state index contributed by atoms with van der Waals surface area (Å²) in [5, 5.41) is 0. The Morgan fingerprint density at radius 3 is 2.73 bits per heavy atom. The molecule has 3 heteroatoms. The lowest BCUT2D eigenvalue weighted by atomic mass is 10.5. The van der Waals surface area contributed by atoms with Gasteiger partial charge < -0.3 is 9.47 Å². The van der Waals surface area contributed by atoms with Crippen LogP contribution >= 0.6 is 0 Å². The van der Waals surface area contributed by atoms with Crippen LogP contribution in [0.1, 0.15) is 20.3 Å². The second-order valence-corrected chi connectivity index (χ2v) is 1.93. The van der Waals surface area contributed by atoms with Crippen LogP contribution in [-0.2, 0) is 14.3 Å². The van der Waals surface area contributed by atoms with E-state index in [9.17, 15) is 4.79 Å². The first kappa shape index (κ1) is 10.0. The average molecular weight is 158 g/mol. The van der Waals surface area contributed by atoms with Gasteiger partial charge in [0, 0.05) is 0 Å². The standard InChI is InChI=1S/C8H14O3/c1-3-6-11-8(9)5-7-10-4-2/h5,7H,3-4,6H2,1-2H3/b7-5+. The molecule has 0 saturated heterocycles. The van der Waals surface area contributed by atoms with E-state index in [1.807, 2.05) is 13.8 Å². The fraction of sp³-hybridized carbons (Fsp3) is 0.625. The molecule has 0 aliphatic carbocycles. The Labute approximate surface area is 67.0 Å². The van der Waals surface area contributed by atoms with Crippen LogP contribution in [0.5, 0.6) is 0 Å². The molecular weight excluding hydrogens is 144 g/mol. The third-order valence-corrected chi connectivity index (χ3v) is 0.915. The highest BCUT2D eigenvalue weighted by molar-refractivity contribution is 5.81. The number of hydrogen-bond donors (Lipinski definition) is 0. The Hall–Kier alpha value is -0.990. The van der Waals surface area contributed by atoms with Gasteiger partial charge in [0.2, 0.25) is 0 Å². The van der Waals surface area contributed by atoms with Crippen LogP contribution < -0.4 is 0 Å². The summed E-state index contributed by atoms with van der Waals surface area (Å²) in [6.45, 7) is 4.83. The van der Waals surface area contributed by atoms with Gasteiger partial charge in [-0.15, -0.1) is 0 Å². The molecule has 0 N–H and O–H groups in total. The van der Waals surface area contributed by atoms with Gasteiger partial charge in [0.25, 0.3) is 0 Å². The minimum absolute atomic E-state index is 0.347. The van der Waals surface area contributed by atoms with E-state index < -0.39 is 0 Å². The predicted molar refractivity (Wildman–Crippen MR) is 42.0 cm³/mol. The van der Waals surface area contributed by atoms with Crippen molar-refractivity contribution in [2.45, 2.75) is 20.3 Å². The minimum Gasteiger partial charge on any atom is -0.501 e. The van der Waals surface area contributed by atoms with Crippen molar-refractivity contribution in [2.24, 2.45) is 0 Å². The SMILES string of the molecule is CCCOC(=O)/C=C/OCC. The molecule has 0 atom stereocenters. The van der Waals surface area contributed by atoms with Crippen molar-refractivity contribution in [2.75, 3.05) is 13.2 Å². The number of ether oxygens (including phenoxy) is 2. The van der Waals surface area contributed by atoms with E-state index in [-0.39, 0.29) is 5.97 Å². The molecule has 0 aliphatic rings. The molecule has 0 fully saturated rings. The molecule has 0 bridgehead atoms. The number of esters is 1. The number of hydrogen-bond acceptors (Lipinski definition) is 3. The predicted octanol–water partition coefficient (Wildman–Crippen LogP) is 1.49. The lowest BCUT2D eigenvalue weighted by Crippen LogP contribution is -2.01. The molecule has 11 heavy (non-hydrogen) atoms. The van der Waals surface area contributed by atoms with Crippen LogP contribution in [0.25, 0.3) is 0 Å². The highest BCUT2D eigenvalue weighted by Crippen LogP contribution is 1.85. The second kappa shape index (κ2) is 7.12. The first-order valence-electron chi connectivity index (χ1n) is 3.76. The quantitative estimate of drug-likeness (QED) is 0.345. The van der Waals surface area contributed by atoms with Crippen molar-refractivity contribution >= 4 is 5.97 Å². The highest BCUT2D eigenvalue weighted by Gasteiger charge is 1.92. The minimum atomic E-state index is -0.347. The maximum Gasteiger partial charge on any atom is 0.333 e. The van der Waals surface area contributed by atoms with Crippen molar-refractivity contribution in [3.63, 3.8) is 0 Å². The van der Waals surface area contributed by atoms with E-state index >= 15 is 0 Å². The zero-order valence-electron chi connectivity index (χ0n) is 7.00. The normalized spacial score (nSPS) is 10.0. The summed E-state index contributed by atoms with van der Waals surface area (Å²) in [4.78, 5) is 10.7. The monoisotopic (exact) mass is 158 g/mol. The van der Waals surface area contributed by atoms with Gasteiger partial charge in [0.1, 0.15) is 0 Å². The molecule has 0 saturated carbocycles. The summed E-state index contributed by atoms with van der Waals surface area (Å²) >= 11 is 0. The molecule has 0 heterocycles. The fourth-order valence-electron chi connectivity index (χ4n) is 0.451. The van der Waals surface area contributed by atoms with Crippen molar-refractivity contribution in [1.82, 2.24) is 0 Å². The first-order chi connectivity index (χ1) is 5.31. The summed E-state index contributed by atoms with van der Waals surface area (Å²) in [7, 11) is 0. The Morgan fingerprint density at radius 2 is 2.18 bits per heavy atom. The number of rotatable bonds is 5. The van der Waals surface area contributed by atoms with Gasteiger partial charge in [-0.2, -0.15) is 0 Å².